The van der Waals surface area contributed by atoms with Crippen LogP contribution in [0.4, 0.5) is 0 Å². The van der Waals surface area contributed by atoms with Crippen molar-refractivity contribution in [1.29, 1.82) is 0 Å². The molecule has 1 aromatic rings. The summed E-state index contributed by atoms with van der Waals surface area (Å²) in [6.45, 7) is 8.11. The fourth-order valence-corrected chi connectivity index (χ4v) is 0.957. The molecule has 2 nitrogen and oxygen atoms in total. The van der Waals surface area contributed by atoms with Crippen LogP contribution in [0.5, 0.6) is 0 Å². The van der Waals surface area contributed by atoms with Crippen molar-refractivity contribution in [2.24, 2.45) is 0 Å². The lowest BCUT2D eigenvalue weighted by atomic mass is 10.2. The molecule has 0 spiro atoms. The molecule has 1 rings (SSSR count). The van der Waals surface area contributed by atoms with E-state index in [1.807, 2.05) is 27.7 Å². The summed E-state index contributed by atoms with van der Waals surface area (Å²) >= 11 is 0. The highest BCUT2D eigenvalue weighted by Crippen LogP contribution is 1.85. The van der Waals surface area contributed by atoms with Gasteiger partial charge in [0.25, 0.3) is 0 Å². The first-order valence-electron chi connectivity index (χ1n) is 3.67. The molecule has 0 fully saturated rings. The van der Waals surface area contributed by atoms with Gasteiger partial charge in [0.15, 0.2) is 11.8 Å². The van der Waals surface area contributed by atoms with E-state index in [2.05, 4.69) is 4.98 Å². The summed E-state index contributed by atoms with van der Waals surface area (Å²) in [5, 5.41) is 0.977. The number of aromatic nitrogens is 1. The van der Waals surface area contributed by atoms with Gasteiger partial charge in [-0.1, -0.05) is 0 Å². The summed E-state index contributed by atoms with van der Waals surface area (Å²) in [6, 6.07) is 0. The smallest absolute Gasteiger partial charge is 0.181 e. The molecule has 0 atom stereocenters. The number of hydrogen-bond donors (Lipinski definition) is 0. The molecule has 0 N–H and O–H groups in total. The van der Waals surface area contributed by atoms with Crippen molar-refractivity contribution in [3.8, 4) is 0 Å². The maximum Gasteiger partial charge on any atom is 0.181 e. The van der Waals surface area contributed by atoms with Gasteiger partial charge in [0.1, 0.15) is 5.35 Å². The Kier molecular flexibility index (Phi) is 2.13. The van der Waals surface area contributed by atoms with Gasteiger partial charge in [-0.15, -0.1) is 0 Å². The minimum Gasteiger partial charge on any atom is -0.444 e. The van der Waals surface area contributed by atoms with Crippen LogP contribution in [0.25, 0.3) is 11.1 Å². The van der Waals surface area contributed by atoms with Crippen molar-refractivity contribution in [2.45, 2.75) is 27.7 Å². The normalized spacial score (nSPS) is 9.82. The van der Waals surface area contributed by atoms with Gasteiger partial charge in [0.05, 0.1) is 0 Å². The molecular formula is C9H13NO. The maximum absolute atomic E-state index is 5.22. The summed E-state index contributed by atoms with van der Waals surface area (Å²) in [5.41, 5.74) is 3.26. The van der Waals surface area contributed by atoms with Crippen molar-refractivity contribution >= 4 is 11.1 Å². The second kappa shape index (κ2) is 2.91. The molecular weight excluding hydrogens is 138 g/mol. The molecule has 0 amide bonds. The van der Waals surface area contributed by atoms with Gasteiger partial charge in [-0.2, -0.15) is 0 Å². The molecule has 0 aliphatic rings. The predicted octanol–water partition coefficient (Wildman–Crippen LogP) is 1.06. The van der Waals surface area contributed by atoms with E-state index >= 15 is 0 Å². The van der Waals surface area contributed by atoms with Gasteiger partial charge in [-0.25, -0.2) is 4.98 Å². The summed E-state index contributed by atoms with van der Waals surface area (Å²) < 4.78 is 5.22. The lowest BCUT2D eigenvalue weighted by Gasteiger charge is -1.85. The minimum atomic E-state index is 0.907. The molecule has 0 saturated carbocycles. The molecule has 0 unspecified atom stereocenters. The lowest BCUT2D eigenvalue weighted by molar-refractivity contribution is 0.521. The van der Waals surface area contributed by atoms with E-state index in [0.29, 0.717) is 0 Å². The molecule has 60 valence electrons. The van der Waals surface area contributed by atoms with Crippen LogP contribution in [0.1, 0.15) is 27.7 Å². The van der Waals surface area contributed by atoms with Crippen LogP contribution in [0.15, 0.2) is 10.8 Å². The lowest BCUT2D eigenvalue weighted by Crippen LogP contribution is -2.25. The van der Waals surface area contributed by atoms with Crippen molar-refractivity contribution in [3.05, 3.63) is 17.2 Å². The average molecular weight is 151 g/mol. The van der Waals surface area contributed by atoms with Crippen molar-refractivity contribution in [3.63, 3.8) is 0 Å². The monoisotopic (exact) mass is 151 g/mol. The molecule has 0 aliphatic heterocycles. The van der Waals surface area contributed by atoms with E-state index in [0.717, 1.165) is 10.8 Å². The van der Waals surface area contributed by atoms with Crippen molar-refractivity contribution < 1.29 is 4.42 Å². The zero-order valence-electron chi connectivity index (χ0n) is 7.43. The fraction of sp³-hybridized carbons (Fsp3) is 0.444. The van der Waals surface area contributed by atoms with E-state index in [1.165, 1.54) is 17.5 Å². The second-order valence-corrected chi connectivity index (χ2v) is 3.03. The Hall–Kier alpha value is -1.05. The van der Waals surface area contributed by atoms with Crippen LogP contribution in [0.2, 0.25) is 0 Å². The minimum absolute atomic E-state index is 0.907. The summed E-state index contributed by atoms with van der Waals surface area (Å²) in [7, 11) is 0. The molecule has 0 aliphatic carbocycles. The molecule has 11 heavy (non-hydrogen) atoms. The Balaban J connectivity index is 3.68. The Morgan fingerprint density at radius 2 is 1.82 bits per heavy atom. The second-order valence-electron chi connectivity index (χ2n) is 3.03. The third-order valence-electron chi connectivity index (χ3n) is 1.50. The van der Waals surface area contributed by atoms with Gasteiger partial charge in [0.2, 0.25) is 0 Å². The molecule has 1 aromatic heterocycles. The van der Waals surface area contributed by atoms with E-state index in [4.69, 9.17) is 4.42 Å². The van der Waals surface area contributed by atoms with E-state index in [-0.39, 0.29) is 0 Å². The topological polar surface area (TPSA) is 26.0 Å². The Morgan fingerprint density at radius 3 is 2.18 bits per heavy atom. The third-order valence-corrected chi connectivity index (χ3v) is 1.50. The first-order chi connectivity index (χ1) is 5.13. The average Bonchev–Trinajstić information content (AvgIpc) is 2.32. The maximum atomic E-state index is 5.22. The first-order valence-corrected chi connectivity index (χ1v) is 3.67. The van der Waals surface area contributed by atoms with Gasteiger partial charge in [-0.3, -0.25) is 0 Å². The van der Waals surface area contributed by atoms with Crippen LogP contribution in [0.3, 0.4) is 0 Å². The highest BCUT2D eigenvalue weighted by Gasteiger charge is 1.93. The first kappa shape index (κ1) is 8.05. The number of rotatable bonds is 0. The van der Waals surface area contributed by atoms with Gasteiger partial charge in [0, 0.05) is 0 Å². The molecule has 2 heteroatoms. The number of oxazole rings is 1. The van der Waals surface area contributed by atoms with Crippen LogP contribution in [0, 0.1) is 0 Å². The zero-order valence-corrected chi connectivity index (χ0v) is 7.43. The van der Waals surface area contributed by atoms with Crippen molar-refractivity contribution in [2.75, 3.05) is 0 Å². The van der Waals surface area contributed by atoms with Crippen molar-refractivity contribution in [1.82, 2.24) is 4.98 Å². The van der Waals surface area contributed by atoms with Crippen LogP contribution >= 0.6 is 0 Å². The summed E-state index contributed by atoms with van der Waals surface area (Å²) in [5.74, 6) is 0. The molecule has 0 bridgehead atoms. The van der Waals surface area contributed by atoms with Gasteiger partial charge >= 0.3 is 0 Å². The molecule has 0 radical (unpaired) electrons. The fourth-order valence-electron chi connectivity index (χ4n) is 0.957. The SMILES string of the molecule is CC(C)=c1ncoc1=C(C)C. The summed E-state index contributed by atoms with van der Waals surface area (Å²) in [4.78, 5) is 4.11. The Labute approximate surface area is 66.3 Å². The molecule has 0 saturated heterocycles. The number of hydrogen-bond acceptors (Lipinski definition) is 2. The standard InChI is InChI=1S/C9H13NO/c1-6(2)8-9(7(3)4)11-5-10-8/h5H,1-4H3. The van der Waals surface area contributed by atoms with Crippen LogP contribution < -0.4 is 10.8 Å². The van der Waals surface area contributed by atoms with E-state index in [9.17, 15) is 0 Å². The third kappa shape index (κ3) is 1.50. The Bertz CT molecular complexity index is 317. The van der Waals surface area contributed by atoms with Gasteiger partial charge < -0.3 is 4.42 Å². The predicted molar refractivity (Wildman–Crippen MR) is 45.3 cm³/mol. The quantitative estimate of drug-likeness (QED) is 0.554. The number of nitrogens with zero attached hydrogens (tertiary/aromatic N) is 1. The van der Waals surface area contributed by atoms with Crippen LogP contribution in [-0.2, 0) is 0 Å². The van der Waals surface area contributed by atoms with Crippen LogP contribution in [-0.4, -0.2) is 4.98 Å². The highest BCUT2D eigenvalue weighted by atomic mass is 16.3. The van der Waals surface area contributed by atoms with Gasteiger partial charge in [-0.05, 0) is 38.8 Å². The van der Waals surface area contributed by atoms with E-state index in [1.54, 1.807) is 0 Å². The Morgan fingerprint density at radius 1 is 1.18 bits per heavy atom. The van der Waals surface area contributed by atoms with E-state index < -0.39 is 0 Å². The molecule has 0 aromatic carbocycles. The largest absolute Gasteiger partial charge is 0.444 e. The molecule has 1 heterocycles. The summed E-state index contributed by atoms with van der Waals surface area (Å²) in [6.07, 6.45) is 1.49. The zero-order chi connectivity index (χ0) is 8.43. The highest BCUT2D eigenvalue weighted by molar-refractivity contribution is 5.41.